The lowest BCUT2D eigenvalue weighted by Crippen LogP contribution is -2.52. The number of ether oxygens (including phenoxy) is 1. The van der Waals surface area contributed by atoms with E-state index >= 15 is 0 Å². The van der Waals surface area contributed by atoms with Crippen LogP contribution >= 0.6 is 0 Å². The molecule has 0 N–H and O–H groups in total. The molecule has 0 saturated carbocycles. The Morgan fingerprint density at radius 3 is 1.92 bits per heavy atom. The van der Waals surface area contributed by atoms with E-state index in [1.54, 1.807) is 0 Å². The van der Waals surface area contributed by atoms with Crippen LogP contribution in [0.15, 0.2) is 60.7 Å². The minimum Gasteiger partial charge on any atom is -0.367 e. The summed E-state index contributed by atoms with van der Waals surface area (Å²) >= 11 is 0. The second kappa shape index (κ2) is 7.69. The van der Waals surface area contributed by atoms with Gasteiger partial charge in [0.15, 0.2) is 0 Å². The molecule has 3 heteroatoms. The number of benzene rings is 2. The summed E-state index contributed by atoms with van der Waals surface area (Å²) in [5, 5.41) is 0. The van der Waals surface area contributed by atoms with Crippen molar-refractivity contribution in [2.24, 2.45) is 0 Å². The van der Waals surface area contributed by atoms with Crippen LogP contribution in [0.3, 0.4) is 0 Å². The van der Waals surface area contributed by atoms with Gasteiger partial charge in [0.05, 0.1) is 6.61 Å². The highest BCUT2D eigenvalue weighted by Gasteiger charge is 2.37. The van der Waals surface area contributed by atoms with E-state index < -0.39 is 0 Å². The maximum absolute atomic E-state index is 6.38. The van der Waals surface area contributed by atoms with Crippen LogP contribution in [0.4, 0.5) is 0 Å². The van der Waals surface area contributed by atoms with E-state index in [4.69, 9.17) is 4.74 Å². The van der Waals surface area contributed by atoms with Crippen molar-refractivity contribution in [3.63, 3.8) is 0 Å². The van der Waals surface area contributed by atoms with Gasteiger partial charge in [-0.3, -0.25) is 9.80 Å². The zero-order valence-corrected chi connectivity index (χ0v) is 15.1. The normalized spacial score (nSPS) is 24.1. The van der Waals surface area contributed by atoms with Crippen LogP contribution in [0, 0.1) is 0 Å². The Hall–Kier alpha value is -1.68. The summed E-state index contributed by atoms with van der Waals surface area (Å²) in [5.41, 5.74) is 2.46. The maximum Gasteiger partial charge on any atom is 0.108 e. The molecule has 2 aliphatic heterocycles. The largest absolute Gasteiger partial charge is 0.367 e. The minimum absolute atomic E-state index is 0.0200. The van der Waals surface area contributed by atoms with E-state index in [9.17, 15) is 0 Å². The summed E-state index contributed by atoms with van der Waals surface area (Å²) in [5.74, 6) is 0. The molecular formula is C22H28N2O. The molecule has 0 aliphatic carbocycles. The Morgan fingerprint density at radius 1 is 0.880 bits per heavy atom. The molecule has 3 nitrogen and oxygen atoms in total. The van der Waals surface area contributed by atoms with Gasteiger partial charge in [0, 0.05) is 31.7 Å². The first-order valence-corrected chi connectivity index (χ1v) is 9.47. The summed E-state index contributed by atoms with van der Waals surface area (Å²) in [6.07, 6.45) is 2.73. The number of piperazine rings is 1. The lowest BCUT2D eigenvalue weighted by molar-refractivity contribution is 0.0317. The number of likely N-dealkylation sites (tertiary alicyclic amines) is 1. The Balaban J connectivity index is 1.39. The van der Waals surface area contributed by atoms with Crippen molar-refractivity contribution < 1.29 is 4.74 Å². The topological polar surface area (TPSA) is 15.7 Å². The molecule has 2 aromatic rings. The highest BCUT2D eigenvalue weighted by atomic mass is 16.5. The van der Waals surface area contributed by atoms with Crippen LogP contribution in [0.2, 0.25) is 0 Å². The molecule has 2 heterocycles. The molecule has 0 spiro atoms. The first kappa shape index (κ1) is 16.8. The highest BCUT2D eigenvalue weighted by Crippen LogP contribution is 2.29. The van der Waals surface area contributed by atoms with Crippen molar-refractivity contribution in [3.05, 3.63) is 71.8 Å². The fraction of sp³-hybridized carbons (Fsp3) is 0.455. The number of hydrogen-bond donors (Lipinski definition) is 0. The maximum atomic E-state index is 6.38. The summed E-state index contributed by atoms with van der Waals surface area (Å²) in [7, 11) is 2.29. The minimum atomic E-state index is 0.0200. The molecular weight excluding hydrogens is 308 g/mol. The molecule has 0 aromatic heterocycles. The van der Waals surface area contributed by atoms with Gasteiger partial charge in [0.2, 0.25) is 0 Å². The summed E-state index contributed by atoms with van der Waals surface area (Å²) in [6, 6.07) is 22.6. The van der Waals surface area contributed by atoms with Gasteiger partial charge in [-0.05, 0) is 31.0 Å². The average Bonchev–Trinajstić information content (AvgIpc) is 2.87. The van der Waals surface area contributed by atoms with Crippen molar-refractivity contribution in [3.8, 4) is 0 Å². The fourth-order valence-corrected chi connectivity index (χ4v) is 4.32. The van der Waals surface area contributed by atoms with Crippen LogP contribution in [0.5, 0.6) is 0 Å². The Bertz CT molecular complexity index is 607. The predicted molar refractivity (Wildman–Crippen MR) is 102 cm³/mol. The molecule has 2 saturated heterocycles. The van der Waals surface area contributed by atoms with Gasteiger partial charge in [-0.1, -0.05) is 60.7 Å². The first-order valence-electron chi connectivity index (χ1n) is 9.47. The third kappa shape index (κ3) is 3.79. The summed E-state index contributed by atoms with van der Waals surface area (Å²) < 4.78 is 6.38. The standard InChI is InChI=1S/C22H28N2O/c1-23-20-12-13-21(23)17-24(16-20)14-15-25-22(18-8-4-2-5-9-18)19-10-6-3-7-11-19/h2-11,20-22H,12-17H2,1H3/t20-,21+. The first-order chi connectivity index (χ1) is 12.3. The van der Waals surface area contributed by atoms with Gasteiger partial charge in [0.1, 0.15) is 6.10 Å². The van der Waals surface area contributed by atoms with Crippen LogP contribution in [-0.2, 0) is 4.74 Å². The van der Waals surface area contributed by atoms with E-state index in [0.717, 1.165) is 25.2 Å². The van der Waals surface area contributed by atoms with Crippen LogP contribution in [-0.4, -0.2) is 55.2 Å². The van der Waals surface area contributed by atoms with Gasteiger partial charge >= 0.3 is 0 Å². The second-order valence-corrected chi connectivity index (χ2v) is 7.38. The molecule has 2 bridgehead atoms. The predicted octanol–water partition coefficient (Wildman–Crippen LogP) is 3.57. The lowest BCUT2D eigenvalue weighted by atomic mass is 10.0. The molecule has 0 amide bonds. The van der Waals surface area contributed by atoms with Gasteiger partial charge < -0.3 is 4.74 Å². The van der Waals surface area contributed by atoms with E-state index in [1.807, 2.05) is 0 Å². The molecule has 25 heavy (non-hydrogen) atoms. The van der Waals surface area contributed by atoms with Gasteiger partial charge in [0.25, 0.3) is 0 Å². The van der Waals surface area contributed by atoms with Gasteiger partial charge in [-0.15, -0.1) is 0 Å². The molecule has 0 radical (unpaired) electrons. The molecule has 132 valence electrons. The van der Waals surface area contributed by atoms with Crippen molar-refractivity contribution in [1.82, 2.24) is 9.80 Å². The van der Waals surface area contributed by atoms with Crippen molar-refractivity contribution in [2.45, 2.75) is 31.0 Å². The summed E-state index contributed by atoms with van der Waals surface area (Å²) in [6.45, 7) is 4.18. The van der Waals surface area contributed by atoms with Crippen molar-refractivity contribution >= 4 is 0 Å². The third-order valence-electron chi connectivity index (χ3n) is 5.82. The smallest absolute Gasteiger partial charge is 0.108 e. The SMILES string of the molecule is CN1[C@@H]2CC[C@H]1CN(CCOC(c1ccccc1)c1ccccc1)C2. The Morgan fingerprint density at radius 2 is 1.40 bits per heavy atom. The van der Waals surface area contributed by atoms with Crippen LogP contribution in [0.1, 0.15) is 30.1 Å². The summed E-state index contributed by atoms with van der Waals surface area (Å²) in [4.78, 5) is 5.17. The highest BCUT2D eigenvalue weighted by molar-refractivity contribution is 5.29. The third-order valence-corrected chi connectivity index (χ3v) is 5.82. The number of hydrogen-bond acceptors (Lipinski definition) is 3. The van der Waals surface area contributed by atoms with Gasteiger partial charge in [-0.2, -0.15) is 0 Å². The van der Waals surface area contributed by atoms with E-state index in [-0.39, 0.29) is 6.10 Å². The van der Waals surface area contributed by atoms with Gasteiger partial charge in [-0.25, -0.2) is 0 Å². The van der Waals surface area contributed by atoms with E-state index in [2.05, 4.69) is 77.5 Å². The Kier molecular flexibility index (Phi) is 5.16. The Labute approximate surface area is 151 Å². The molecule has 2 fully saturated rings. The number of fused-ring (bicyclic) bond motifs is 2. The zero-order valence-electron chi connectivity index (χ0n) is 15.1. The van der Waals surface area contributed by atoms with Crippen molar-refractivity contribution in [1.29, 1.82) is 0 Å². The van der Waals surface area contributed by atoms with E-state index in [0.29, 0.717) is 0 Å². The molecule has 0 unspecified atom stereocenters. The number of nitrogens with zero attached hydrogens (tertiary/aromatic N) is 2. The fourth-order valence-electron chi connectivity index (χ4n) is 4.32. The average molecular weight is 336 g/mol. The van der Waals surface area contributed by atoms with Crippen molar-refractivity contribution in [2.75, 3.05) is 33.3 Å². The van der Waals surface area contributed by atoms with Crippen LogP contribution in [0.25, 0.3) is 0 Å². The molecule has 2 aliphatic rings. The van der Waals surface area contributed by atoms with E-state index in [1.165, 1.54) is 37.1 Å². The quantitative estimate of drug-likeness (QED) is 0.802. The lowest BCUT2D eigenvalue weighted by Gasteiger charge is -2.39. The number of likely N-dealkylation sites (N-methyl/N-ethyl adjacent to an activating group) is 1. The van der Waals surface area contributed by atoms with Crippen LogP contribution < -0.4 is 0 Å². The molecule has 2 atom stereocenters. The molecule has 4 rings (SSSR count). The second-order valence-electron chi connectivity index (χ2n) is 7.38. The zero-order chi connectivity index (χ0) is 17.1. The molecule has 2 aromatic carbocycles. The monoisotopic (exact) mass is 336 g/mol. The number of rotatable bonds is 6.